The van der Waals surface area contributed by atoms with E-state index in [2.05, 4.69) is 6.08 Å². The predicted molar refractivity (Wildman–Crippen MR) is 71.7 cm³/mol. The highest BCUT2D eigenvalue weighted by Crippen LogP contribution is 2.23. The summed E-state index contributed by atoms with van der Waals surface area (Å²) in [5, 5.41) is 0.719. The number of aryl methyl sites for hydroxylation is 1. The van der Waals surface area contributed by atoms with E-state index in [1.54, 1.807) is 6.07 Å². The van der Waals surface area contributed by atoms with Gasteiger partial charge in [0.05, 0.1) is 0 Å². The molecule has 0 bridgehead atoms. The van der Waals surface area contributed by atoms with E-state index in [1.807, 2.05) is 19.1 Å². The van der Waals surface area contributed by atoms with Crippen LogP contribution in [0.2, 0.25) is 5.02 Å². The molecule has 0 aromatic heterocycles. The quantitative estimate of drug-likeness (QED) is 0.692. The first kappa shape index (κ1) is 12.4. The number of ketones is 1. The van der Waals surface area contributed by atoms with Crippen molar-refractivity contribution in [1.29, 1.82) is 0 Å². The van der Waals surface area contributed by atoms with Crippen LogP contribution in [-0.4, -0.2) is 5.78 Å². The smallest absolute Gasteiger partial charge is 0.188 e. The maximum atomic E-state index is 12.3. The molecule has 1 aliphatic rings. The topological polar surface area (TPSA) is 17.1 Å². The van der Waals surface area contributed by atoms with Crippen LogP contribution in [0.15, 0.2) is 29.8 Å². The number of carbonyl (C=O) groups excluding carboxylic acids is 1. The number of hydrogen-bond donors (Lipinski definition) is 0. The Balaban J connectivity index is 2.23. The number of rotatable bonds is 2. The normalized spacial score (nSPS) is 16.2. The number of benzene rings is 1. The van der Waals surface area contributed by atoms with Crippen LogP contribution in [0, 0.1) is 6.92 Å². The van der Waals surface area contributed by atoms with E-state index in [-0.39, 0.29) is 5.78 Å². The third kappa shape index (κ3) is 2.98. The zero-order valence-electron chi connectivity index (χ0n) is 10.1. The molecule has 0 spiro atoms. The number of hydrogen-bond acceptors (Lipinski definition) is 1. The zero-order valence-corrected chi connectivity index (χ0v) is 10.9. The molecule has 0 N–H and O–H groups in total. The summed E-state index contributed by atoms with van der Waals surface area (Å²) in [5.74, 6) is 0.173. The highest BCUT2D eigenvalue weighted by molar-refractivity contribution is 6.31. The molecule has 17 heavy (non-hydrogen) atoms. The summed E-state index contributed by atoms with van der Waals surface area (Å²) in [5.41, 5.74) is 2.70. The van der Waals surface area contributed by atoms with Gasteiger partial charge in [-0.25, -0.2) is 0 Å². The van der Waals surface area contributed by atoms with Crippen molar-refractivity contribution < 1.29 is 4.79 Å². The molecule has 0 saturated carbocycles. The highest BCUT2D eigenvalue weighted by Gasteiger charge is 2.14. The summed E-state index contributed by atoms with van der Waals surface area (Å²) in [7, 11) is 0. The van der Waals surface area contributed by atoms with Crippen molar-refractivity contribution in [2.75, 3.05) is 0 Å². The predicted octanol–water partition coefficient (Wildman–Crippen LogP) is 4.72. The molecule has 0 atom stereocenters. The SMILES string of the molecule is Cc1cc(C(=O)C2=CCCCCC2)ccc1Cl. The van der Waals surface area contributed by atoms with Gasteiger partial charge in [0.25, 0.3) is 0 Å². The fraction of sp³-hybridized carbons (Fsp3) is 0.400. The Bertz CT molecular complexity index is 460. The molecule has 2 heteroatoms. The Morgan fingerprint density at radius 3 is 2.82 bits per heavy atom. The van der Waals surface area contributed by atoms with Crippen molar-refractivity contribution in [2.24, 2.45) is 0 Å². The minimum atomic E-state index is 0.173. The molecular weight excluding hydrogens is 232 g/mol. The fourth-order valence-corrected chi connectivity index (χ4v) is 2.31. The Kier molecular flexibility index (Phi) is 4.01. The lowest BCUT2D eigenvalue weighted by Crippen LogP contribution is -2.03. The van der Waals surface area contributed by atoms with E-state index in [0.29, 0.717) is 0 Å². The summed E-state index contributed by atoms with van der Waals surface area (Å²) in [6, 6.07) is 5.52. The Morgan fingerprint density at radius 2 is 2.06 bits per heavy atom. The molecule has 1 aromatic carbocycles. The number of Topliss-reactive ketones (excluding diaryl/α,β-unsaturated/α-hetero) is 1. The highest BCUT2D eigenvalue weighted by atomic mass is 35.5. The minimum Gasteiger partial charge on any atom is -0.289 e. The molecule has 90 valence electrons. The van der Waals surface area contributed by atoms with Crippen molar-refractivity contribution >= 4 is 17.4 Å². The van der Waals surface area contributed by atoms with Gasteiger partial charge in [-0.3, -0.25) is 4.79 Å². The van der Waals surface area contributed by atoms with Gasteiger partial charge in [-0.05, 0) is 61.9 Å². The molecule has 0 unspecified atom stereocenters. The van der Waals surface area contributed by atoms with Crippen LogP contribution >= 0.6 is 11.6 Å². The first-order chi connectivity index (χ1) is 8.18. The van der Waals surface area contributed by atoms with Crippen LogP contribution in [0.3, 0.4) is 0 Å². The summed E-state index contributed by atoms with van der Waals surface area (Å²) in [4.78, 5) is 12.3. The van der Waals surface area contributed by atoms with Gasteiger partial charge in [0.1, 0.15) is 0 Å². The van der Waals surface area contributed by atoms with Gasteiger partial charge in [-0.1, -0.05) is 24.1 Å². The van der Waals surface area contributed by atoms with Crippen LogP contribution < -0.4 is 0 Å². The van der Waals surface area contributed by atoms with Crippen LogP contribution in [0.4, 0.5) is 0 Å². The van der Waals surface area contributed by atoms with E-state index >= 15 is 0 Å². The Morgan fingerprint density at radius 1 is 1.24 bits per heavy atom. The summed E-state index contributed by atoms with van der Waals surface area (Å²) >= 11 is 5.97. The Hall–Kier alpha value is -1.08. The number of carbonyl (C=O) groups is 1. The van der Waals surface area contributed by atoms with Crippen LogP contribution in [0.5, 0.6) is 0 Å². The molecule has 0 heterocycles. The lowest BCUT2D eigenvalue weighted by molar-refractivity contribution is 0.103. The lowest BCUT2D eigenvalue weighted by Gasteiger charge is -2.06. The first-order valence-electron chi connectivity index (χ1n) is 6.18. The van der Waals surface area contributed by atoms with E-state index in [1.165, 1.54) is 12.8 Å². The second-order valence-corrected chi connectivity index (χ2v) is 5.03. The molecule has 2 rings (SSSR count). The van der Waals surface area contributed by atoms with Crippen LogP contribution in [-0.2, 0) is 0 Å². The molecule has 1 aromatic rings. The minimum absolute atomic E-state index is 0.173. The van der Waals surface area contributed by atoms with Gasteiger partial charge in [-0.2, -0.15) is 0 Å². The van der Waals surface area contributed by atoms with E-state index in [0.717, 1.165) is 41.0 Å². The summed E-state index contributed by atoms with van der Waals surface area (Å²) < 4.78 is 0. The van der Waals surface area contributed by atoms with Crippen molar-refractivity contribution in [1.82, 2.24) is 0 Å². The fourth-order valence-electron chi connectivity index (χ4n) is 2.19. The number of allylic oxidation sites excluding steroid dienone is 2. The summed E-state index contributed by atoms with van der Waals surface area (Å²) in [6.07, 6.45) is 7.63. The van der Waals surface area contributed by atoms with Crippen molar-refractivity contribution in [3.63, 3.8) is 0 Å². The third-order valence-corrected chi connectivity index (χ3v) is 3.68. The summed E-state index contributed by atoms with van der Waals surface area (Å²) in [6.45, 7) is 1.93. The maximum Gasteiger partial charge on any atom is 0.188 e. The van der Waals surface area contributed by atoms with Crippen molar-refractivity contribution in [2.45, 2.75) is 39.0 Å². The standard InChI is InChI=1S/C15H17ClO/c1-11-10-13(8-9-14(11)16)15(17)12-6-4-2-3-5-7-12/h6,8-10H,2-5,7H2,1H3. The van der Waals surface area contributed by atoms with Gasteiger partial charge in [0.15, 0.2) is 5.78 Å². The molecular formula is C15H17ClO. The molecule has 0 fully saturated rings. The first-order valence-corrected chi connectivity index (χ1v) is 6.56. The average molecular weight is 249 g/mol. The van der Waals surface area contributed by atoms with Gasteiger partial charge < -0.3 is 0 Å². The second-order valence-electron chi connectivity index (χ2n) is 4.62. The Labute approximate surface area is 107 Å². The van der Waals surface area contributed by atoms with Crippen LogP contribution in [0.25, 0.3) is 0 Å². The van der Waals surface area contributed by atoms with E-state index < -0.39 is 0 Å². The van der Waals surface area contributed by atoms with Gasteiger partial charge in [-0.15, -0.1) is 0 Å². The largest absolute Gasteiger partial charge is 0.289 e. The monoisotopic (exact) mass is 248 g/mol. The van der Waals surface area contributed by atoms with E-state index in [9.17, 15) is 4.79 Å². The lowest BCUT2D eigenvalue weighted by atomic mass is 9.98. The maximum absolute atomic E-state index is 12.3. The van der Waals surface area contributed by atoms with Gasteiger partial charge in [0, 0.05) is 10.6 Å². The molecule has 0 radical (unpaired) electrons. The second kappa shape index (κ2) is 5.50. The molecule has 1 nitrogen and oxygen atoms in total. The molecule has 0 amide bonds. The van der Waals surface area contributed by atoms with Gasteiger partial charge >= 0.3 is 0 Å². The number of halogens is 1. The molecule has 0 aliphatic heterocycles. The van der Waals surface area contributed by atoms with Gasteiger partial charge in [0.2, 0.25) is 0 Å². The van der Waals surface area contributed by atoms with Crippen LogP contribution in [0.1, 0.15) is 48.0 Å². The molecule has 0 saturated heterocycles. The van der Waals surface area contributed by atoms with Crippen molar-refractivity contribution in [3.8, 4) is 0 Å². The molecule has 1 aliphatic carbocycles. The van der Waals surface area contributed by atoms with Crippen molar-refractivity contribution in [3.05, 3.63) is 46.0 Å². The van der Waals surface area contributed by atoms with E-state index in [4.69, 9.17) is 11.6 Å². The third-order valence-electron chi connectivity index (χ3n) is 3.25. The average Bonchev–Trinajstić information content (AvgIpc) is 2.60. The zero-order chi connectivity index (χ0) is 12.3.